The Hall–Kier alpha value is -3.13. The minimum atomic E-state index is -0.479. The van der Waals surface area contributed by atoms with Gasteiger partial charge in [-0.25, -0.2) is 4.39 Å². The molecule has 2 aliphatic rings. The molecular formula is C20H18FN5O2. The predicted octanol–water partition coefficient (Wildman–Crippen LogP) is 2.38. The zero-order valence-corrected chi connectivity index (χ0v) is 15.2. The van der Waals surface area contributed by atoms with Crippen LogP contribution in [-0.2, 0) is 11.3 Å². The molecular weight excluding hydrogens is 361 g/mol. The normalized spacial score (nSPS) is 20.7. The summed E-state index contributed by atoms with van der Waals surface area (Å²) in [7, 11) is 0. The van der Waals surface area contributed by atoms with Gasteiger partial charge in [0.2, 0.25) is 0 Å². The van der Waals surface area contributed by atoms with Crippen molar-refractivity contribution in [2.75, 3.05) is 13.2 Å². The Morgan fingerprint density at radius 3 is 2.89 bits per heavy atom. The Balaban J connectivity index is 1.56. The summed E-state index contributed by atoms with van der Waals surface area (Å²) in [4.78, 5) is 19.3. The van der Waals surface area contributed by atoms with Crippen molar-refractivity contribution in [3.63, 3.8) is 0 Å². The summed E-state index contributed by atoms with van der Waals surface area (Å²) in [6, 6.07) is 9.86. The SMILES string of the molecule is Cc1cccc(C(=O)N2[C@H]3COC[C@@H]2c2nnc(-c4ccccn4)n2C3)c1F. The first-order valence-electron chi connectivity index (χ1n) is 9.15. The molecule has 1 aromatic carbocycles. The number of hydrogen-bond donors (Lipinski definition) is 0. The molecule has 2 bridgehead atoms. The lowest BCUT2D eigenvalue weighted by Gasteiger charge is -2.45. The third-order valence-electron chi connectivity index (χ3n) is 5.34. The average Bonchev–Trinajstić information content (AvgIpc) is 3.13. The van der Waals surface area contributed by atoms with Crippen LogP contribution in [0, 0.1) is 12.7 Å². The highest BCUT2D eigenvalue weighted by Crippen LogP contribution is 2.35. The molecule has 28 heavy (non-hydrogen) atoms. The zero-order valence-electron chi connectivity index (χ0n) is 15.2. The maximum absolute atomic E-state index is 14.6. The van der Waals surface area contributed by atoms with Crippen molar-refractivity contribution < 1.29 is 13.9 Å². The quantitative estimate of drug-likeness (QED) is 0.684. The number of halogens is 1. The Morgan fingerprint density at radius 2 is 2.07 bits per heavy atom. The molecule has 0 saturated carbocycles. The number of benzene rings is 1. The molecule has 2 atom stereocenters. The van der Waals surface area contributed by atoms with Gasteiger partial charge in [-0.1, -0.05) is 18.2 Å². The molecule has 142 valence electrons. The van der Waals surface area contributed by atoms with Crippen LogP contribution in [0.3, 0.4) is 0 Å². The van der Waals surface area contributed by atoms with Crippen LogP contribution in [0.15, 0.2) is 42.6 Å². The van der Waals surface area contributed by atoms with Gasteiger partial charge in [0.05, 0.1) is 24.8 Å². The van der Waals surface area contributed by atoms with Crippen molar-refractivity contribution in [2.45, 2.75) is 25.6 Å². The highest BCUT2D eigenvalue weighted by atomic mass is 19.1. The molecule has 3 aromatic rings. The number of morpholine rings is 1. The number of hydrogen-bond acceptors (Lipinski definition) is 5. The molecule has 8 heteroatoms. The Morgan fingerprint density at radius 1 is 1.18 bits per heavy atom. The topological polar surface area (TPSA) is 73.1 Å². The van der Waals surface area contributed by atoms with Gasteiger partial charge in [0.15, 0.2) is 11.6 Å². The van der Waals surface area contributed by atoms with Crippen LogP contribution in [0.2, 0.25) is 0 Å². The highest BCUT2D eigenvalue weighted by Gasteiger charge is 2.44. The highest BCUT2D eigenvalue weighted by molar-refractivity contribution is 5.95. The van der Waals surface area contributed by atoms with Gasteiger partial charge in [-0.15, -0.1) is 10.2 Å². The van der Waals surface area contributed by atoms with Crippen LogP contribution in [0.4, 0.5) is 4.39 Å². The van der Waals surface area contributed by atoms with Crippen molar-refractivity contribution >= 4 is 5.91 Å². The van der Waals surface area contributed by atoms with Gasteiger partial charge in [-0.05, 0) is 30.7 Å². The van der Waals surface area contributed by atoms with Gasteiger partial charge in [0, 0.05) is 12.7 Å². The molecule has 0 radical (unpaired) electrons. The summed E-state index contributed by atoms with van der Waals surface area (Å²) in [5.41, 5.74) is 1.25. The minimum absolute atomic E-state index is 0.0785. The van der Waals surface area contributed by atoms with Gasteiger partial charge in [-0.3, -0.25) is 9.78 Å². The molecule has 0 aliphatic carbocycles. The van der Waals surface area contributed by atoms with Crippen molar-refractivity contribution in [3.05, 3.63) is 65.4 Å². The number of ether oxygens (including phenoxy) is 1. The molecule has 2 aliphatic heterocycles. The number of aryl methyl sites for hydroxylation is 1. The van der Waals surface area contributed by atoms with E-state index in [1.807, 2.05) is 22.8 Å². The molecule has 5 rings (SSSR count). The lowest BCUT2D eigenvalue weighted by molar-refractivity contribution is -0.0571. The Kier molecular flexibility index (Phi) is 3.94. The first kappa shape index (κ1) is 17.0. The fourth-order valence-electron chi connectivity index (χ4n) is 3.97. The number of amides is 1. The average molecular weight is 379 g/mol. The van der Waals surface area contributed by atoms with Crippen LogP contribution in [0.25, 0.3) is 11.5 Å². The fourth-order valence-corrected chi connectivity index (χ4v) is 3.97. The Labute approximate surface area is 160 Å². The van der Waals surface area contributed by atoms with E-state index in [-0.39, 0.29) is 17.5 Å². The lowest BCUT2D eigenvalue weighted by atomic mass is 10.0. The Bertz CT molecular complexity index is 1050. The van der Waals surface area contributed by atoms with Crippen LogP contribution in [0.5, 0.6) is 0 Å². The zero-order chi connectivity index (χ0) is 19.3. The molecule has 1 amide bonds. The van der Waals surface area contributed by atoms with Crippen LogP contribution >= 0.6 is 0 Å². The van der Waals surface area contributed by atoms with Gasteiger partial charge >= 0.3 is 0 Å². The van der Waals surface area contributed by atoms with E-state index in [9.17, 15) is 9.18 Å². The van der Waals surface area contributed by atoms with E-state index in [0.717, 1.165) is 5.69 Å². The predicted molar refractivity (Wildman–Crippen MR) is 97.9 cm³/mol. The molecule has 4 heterocycles. The molecule has 0 spiro atoms. The van der Waals surface area contributed by atoms with E-state index in [1.165, 1.54) is 6.07 Å². The number of carbonyl (C=O) groups excluding carboxylic acids is 1. The molecule has 0 unspecified atom stereocenters. The van der Waals surface area contributed by atoms with E-state index < -0.39 is 11.9 Å². The van der Waals surface area contributed by atoms with Gasteiger partial charge < -0.3 is 14.2 Å². The smallest absolute Gasteiger partial charge is 0.257 e. The number of aromatic nitrogens is 4. The summed E-state index contributed by atoms with van der Waals surface area (Å²) >= 11 is 0. The van der Waals surface area contributed by atoms with E-state index >= 15 is 0 Å². The number of pyridine rings is 1. The van der Waals surface area contributed by atoms with Crippen molar-refractivity contribution in [3.8, 4) is 11.5 Å². The summed E-state index contributed by atoms with van der Waals surface area (Å²) < 4.78 is 22.3. The second-order valence-corrected chi connectivity index (χ2v) is 7.06. The van der Waals surface area contributed by atoms with E-state index in [2.05, 4.69) is 15.2 Å². The van der Waals surface area contributed by atoms with Crippen LogP contribution in [-0.4, -0.2) is 49.8 Å². The van der Waals surface area contributed by atoms with E-state index in [0.29, 0.717) is 37.0 Å². The van der Waals surface area contributed by atoms with E-state index in [1.54, 1.807) is 30.2 Å². The molecule has 2 aromatic heterocycles. The maximum atomic E-state index is 14.6. The fraction of sp³-hybridized carbons (Fsp3) is 0.300. The van der Waals surface area contributed by atoms with E-state index in [4.69, 9.17) is 4.74 Å². The number of carbonyl (C=O) groups is 1. The number of fused-ring (bicyclic) bond motifs is 4. The second-order valence-electron chi connectivity index (χ2n) is 7.06. The minimum Gasteiger partial charge on any atom is -0.377 e. The lowest BCUT2D eigenvalue weighted by Crippen LogP contribution is -2.56. The molecule has 0 N–H and O–H groups in total. The standard InChI is InChI=1S/C20H18FN5O2/c1-12-5-4-6-14(17(12)21)20(27)26-13-9-25-18(15-7-2-3-8-22-15)23-24-19(25)16(26)11-28-10-13/h2-8,13,16H,9-11H2,1H3/t13-,16-/m1/s1. The third kappa shape index (κ3) is 2.52. The van der Waals surface area contributed by atoms with Gasteiger partial charge in [0.1, 0.15) is 17.6 Å². The van der Waals surface area contributed by atoms with Crippen molar-refractivity contribution in [2.24, 2.45) is 0 Å². The van der Waals surface area contributed by atoms with Crippen LogP contribution < -0.4 is 0 Å². The summed E-state index contributed by atoms with van der Waals surface area (Å²) in [6.45, 7) is 2.82. The molecule has 7 nitrogen and oxygen atoms in total. The first-order valence-corrected chi connectivity index (χ1v) is 9.15. The second kappa shape index (κ2) is 6.49. The molecule has 1 saturated heterocycles. The maximum Gasteiger partial charge on any atom is 0.257 e. The van der Waals surface area contributed by atoms with Crippen LogP contribution in [0.1, 0.15) is 27.8 Å². The summed E-state index contributed by atoms with van der Waals surface area (Å²) in [6.07, 6.45) is 1.71. The third-order valence-corrected chi connectivity index (χ3v) is 5.34. The summed E-state index contributed by atoms with van der Waals surface area (Å²) in [5, 5.41) is 8.63. The van der Waals surface area contributed by atoms with Crippen molar-refractivity contribution in [1.29, 1.82) is 0 Å². The largest absolute Gasteiger partial charge is 0.377 e. The molecule has 1 fully saturated rings. The van der Waals surface area contributed by atoms with Gasteiger partial charge in [-0.2, -0.15) is 0 Å². The summed E-state index contributed by atoms with van der Waals surface area (Å²) in [5.74, 6) is 0.486. The van der Waals surface area contributed by atoms with Crippen molar-refractivity contribution in [1.82, 2.24) is 24.6 Å². The first-order chi connectivity index (χ1) is 13.6. The number of nitrogens with zero attached hydrogens (tertiary/aromatic N) is 5. The van der Waals surface area contributed by atoms with Gasteiger partial charge in [0.25, 0.3) is 5.91 Å². The number of rotatable bonds is 2. The monoisotopic (exact) mass is 379 g/mol.